The van der Waals surface area contributed by atoms with Gasteiger partial charge in [-0.05, 0) is 61.0 Å². The normalized spacial score (nSPS) is 11.9. The number of aryl methyl sites for hydroxylation is 1. The summed E-state index contributed by atoms with van der Waals surface area (Å²) in [5.74, 6) is 0.238. The van der Waals surface area contributed by atoms with E-state index in [0.29, 0.717) is 21.5 Å². The number of aromatic nitrogens is 1. The molecule has 0 N–H and O–H groups in total. The molecule has 0 saturated carbocycles. The second kappa shape index (κ2) is 12.4. The number of carbonyl (C=O) groups excluding carboxylic acids is 1. The Labute approximate surface area is 230 Å². The highest BCUT2D eigenvalue weighted by Gasteiger charge is 2.26. The molecule has 0 bridgehead atoms. The number of ether oxygens (including phenoxy) is 2. The van der Waals surface area contributed by atoms with E-state index in [1.54, 1.807) is 18.4 Å². The summed E-state index contributed by atoms with van der Waals surface area (Å²) in [4.78, 5) is 20.0. The second-order valence-electron chi connectivity index (χ2n) is 8.45. The number of furan rings is 1. The van der Waals surface area contributed by atoms with E-state index in [2.05, 4.69) is 0 Å². The number of fused-ring (bicyclic) bond motifs is 1. The Morgan fingerprint density at radius 2 is 1.76 bits per heavy atom. The van der Waals surface area contributed by atoms with Crippen molar-refractivity contribution in [2.75, 3.05) is 45.4 Å². The molecule has 0 aliphatic rings. The summed E-state index contributed by atoms with van der Waals surface area (Å²) >= 11 is 7.58. The summed E-state index contributed by atoms with van der Waals surface area (Å²) in [6.07, 6.45) is 1.54. The number of thiazole rings is 1. The second-order valence-corrected chi connectivity index (χ2v) is 11.8. The average Bonchev–Trinajstić information content (AvgIpc) is 3.57. The summed E-state index contributed by atoms with van der Waals surface area (Å²) < 4.78 is 44.3. The first kappa shape index (κ1) is 28.2. The van der Waals surface area contributed by atoms with Crippen LogP contribution in [0.1, 0.15) is 21.7 Å². The molecule has 2 aromatic heterocycles. The number of anilines is 1. The predicted molar refractivity (Wildman–Crippen MR) is 148 cm³/mol. The van der Waals surface area contributed by atoms with Crippen LogP contribution in [0.3, 0.4) is 0 Å². The molecule has 38 heavy (non-hydrogen) atoms. The smallest absolute Gasteiger partial charge is 0.260 e. The number of amides is 1. The van der Waals surface area contributed by atoms with E-state index in [4.69, 9.17) is 30.5 Å². The molecule has 12 heteroatoms. The lowest BCUT2D eigenvalue weighted by Crippen LogP contribution is -2.36. The highest BCUT2D eigenvalue weighted by molar-refractivity contribution is 7.89. The van der Waals surface area contributed by atoms with Crippen molar-refractivity contribution in [1.82, 2.24) is 9.29 Å². The number of nitrogens with zero attached hydrogens (tertiary/aromatic N) is 3. The fourth-order valence-corrected chi connectivity index (χ4v) is 6.68. The zero-order chi connectivity index (χ0) is 27.3. The molecule has 4 rings (SSSR count). The summed E-state index contributed by atoms with van der Waals surface area (Å²) in [5, 5.41) is 1.07. The van der Waals surface area contributed by atoms with Crippen molar-refractivity contribution in [1.29, 1.82) is 0 Å². The summed E-state index contributed by atoms with van der Waals surface area (Å²) in [5.41, 5.74) is 1.98. The van der Waals surface area contributed by atoms with Crippen molar-refractivity contribution in [3.63, 3.8) is 0 Å². The first-order valence-electron chi connectivity index (χ1n) is 11.7. The van der Waals surface area contributed by atoms with Gasteiger partial charge in [0.15, 0.2) is 5.13 Å². The predicted octanol–water partition coefficient (Wildman–Crippen LogP) is 4.98. The largest absolute Gasteiger partial charge is 0.467 e. The van der Waals surface area contributed by atoms with Crippen molar-refractivity contribution in [3.05, 3.63) is 76.7 Å². The van der Waals surface area contributed by atoms with Gasteiger partial charge in [-0.3, -0.25) is 9.69 Å². The fourth-order valence-electron chi connectivity index (χ4n) is 3.86. The van der Waals surface area contributed by atoms with Gasteiger partial charge >= 0.3 is 0 Å². The van der Waals surface area contributed by atoms with E-state index < -0.39 is 10.0 Å². The van der Waals surface area contributed by atoms with Gasteiger partial charge in [-0.25, -0.2) is 13.4 Å². The molecule has 0 atom stereocenters. The van der Waals surface area contributed by atoms with Crippen LogP contribution in [-0.2, 0) is 26.0 Å². The summed E-state index contributed by atoms with van der Waals surface area (Å²) in [7, 11) is -0.794. The molecule has 0 fully saturated rings. The first-order chi connectivity index (χ1) is 18.2. The highest BCUT2D eigenvalue weighted by Crippen LogP contribution is 2.34. The Hall–Kier alpha value is -2.80. The molecule has 0 aliphatic heterocycles. The van der Waals surface area contributed by atoms with Gasteiger partial charge in [-0.1, -0.05) is 22.9 Å². The highest BCUT2D eigenvalue weighted by atomic mass is 35.5. The SMILES string of the molecule is COCCN(CCOC)S(=O)(=O)c1ccc(C(=O)N(Cc2ccco2)c2nc3c(C)cc(Cl)cc3s2)cc1. The monoisotopic (exact) mass is 577 g/mol. The maximum Gasteiger partial charge on any atom is 0.260 e. The van der Waals surface area contributed by atoms with Gasteiger partial charge in [0.05, 0.1) is 41.1 Å². The van der Waals surface area contributed by atoms with Crippen LogP contribution in [0.2, 0.25) is 5.02 Å². The molecule has 2 aromatic carbocycles. The van der Waals surface area contributed by atoms with Crippen molar-refractivity contribution < 1.29 is 27.1 Å². The number of carbonyl (C=O) groups is 1. The van der Waals surface area contributed by atoms with Gasteiger partial charge in [-0.2, -0.15) is 4.31 Å². The number of hydrogen-bond acceptors (Lipinski definition) is 8. The number of rotatable bonds is 12. The lowest BCUT2D eigenvalue weighted by atomic mass is 10.2. The minimum Gasteiger partial charge on any atom is -0.467 e. The molecule has 0 radical (unpaired) electrons. The maximum absolute atomic E-state index is 13.7. The van der Waals surface area contributed by atoms with Crippen LogP contribution in [0.15, 0.2) is 64.1 Å². The van der Waals surface area contributed by atoms with Crippen LogP contribution in [0, 0.1) is 6.92 Å². The van der Waals surface area contributed by atoms with Gasteiger partial charge in [0, 0.05) is 37.9 Å². The Morgan fingerprint density at radius 1 is 1.08 bits per heavy atom. The maximum atomic E-state index is 13.7. The first-order valence-corrected chi connectivity index (χ1v) is 14.4. The standard InChI is InChI=1S/C26H28ClN3O6S2/c1-18-15-20(27)16-23-24(18)28-26(37-23)30(17-21-5-4-12-36-21)25(31)19-6-8-22(9-7-19)38(32,33)29(10-13-34-2)11-14-35-3/h4-9,12,15-16H,10-11,13-14,17H2,1-3H3. The zero-order valence-electron chi connectivity index (χ0n) is 21.2. The minimum absolute atomic E-state index is 0.0732. The molecule has 0 spiro atoms. The number of benzene rings is 2. The molecular formula is C26H28ClN3O6S2. The summed E-state index contributed by atoms with van der Waals surface area (Å²) in [6.45, 7) is 2.92. The van der Waals surface area contributed by atoms with Crippen molar-refractivity contribution in [3.8, 4) is 0 Å². The fraction of sp³-hybridized carbons (Fsp3) is 0.308. The van der Waals surface area contributed by atoms with Gasteiger partial charge in [0.1, 0.15) is 5.76 Å². The minimum atomic E-state index is -3.82. The quantitative estimate of drug-likeness (QED) is 0.234. The topological polar surface area (TPSA) is 102 Å². The van der Waals surface area contributed by atoms with Crippen LogP contribution in [0.25, 0.3) is 10.2 Å². The van der Waals surface area contributed by atoms with E-state index in [-0.39, 0.29) is 43.7 Å². The van der Waals surface area contributed by atoms with Crippen molar-refractivity contribution in [2.45, 2.75) is 18.4 Å². The Kier molecular flexibility index (Phi) is 9.19. The van der Waals surface area contributed by atoms with Gasteiger partial charge in [0.2, 0.25) is 10.0 Å². The molecule has 0 aliphatic carbocycles. The number of methoxy groups -OCH3 is 2. The lowest BCUT2D eigenvalue weighted by Gasteiger charge is -2.22. The van der Waals surface area contributed by atoms with Crippen molar-refractivity contribution >= 4 is 54.2 Å². The third-order valence-corrected chi connectivity index (χ3v) is 8.99. The van der Waals surface area contributed by atoms with Crippen LogP contribution < -0.4 is 4.90 Å². The number of hydrogen-bond donors (Lipinski definition) is 0. The molecule has 202 valence electrons. The third-order valence-electron chi connectivity index (χ3n) is 5.84. The van der Waals surface area contributed by atoms with Crippen LogP contribution >= 0.6 is 22.9 Å². The van der Waals surface area contributed by atoms with Crippen molar-refractivity contribution in [2.24, 2.45) is 0 Å². The molecular weight excluding hydrogens is 550 g/mol. The van der Waals surface area contributed by atoms with E-state index >= 15 is 0 Å². The van der Waals surface area contributed by atoms with Crippen LogP contribution in [0.5, 0.6) is 0 Å². The van der Waals surface area contributed by atoms with Gasteiger partial charge in [0.25, 0.3) is 5.91 Å². The van der Waals surface area contributed by atoms with E-state index in [1.165, 1.54) is 59.0 Å². The van der Waals surface area contributed by atoms with E-state index in [0.717, 1.165) is 15.8 Å². The molecule has 0 saturated heterocycles. The molecule has 4 aromatic rings. The lowest BCUT2D eigenvalue weighted by molar-refractivity contribution is 0.0983. The molecule has 2 heterocycles. The Bertz CT molecular complexity index is 1480. The third kappa shape index (κ3) is 6.25. The number of halogens is 1. The van der Waals surface area contributed by atoms with E-state index in [1.807, 2.05) is 19.1 Å². The molecule has 1 amide bonds. The Morgan fingerprint density at radius 3 is 2.37 bits per heavy atom. The molecule has 9 nitrogen and oxygen atoms in total. The zero-order valence-corrected chi connectivity index (χ0v) is 23.6. The Balaban J connectivity index is 1.65. The van der Waals surface area contributed by atoms with Gasteiger partial charge in [-0.15, -0.1) is 0 Å². The van der Waals surface area contributed by atoms with Crippen LogP contribution in [0.4, 0.5) is 5.13 Å². The average molecular weight is 578 g/mol. The van der Waals surface area contributed by atoms with E-state index in [9.17, 15) is 13.2 Å². The van der Waals surface area contributed by atoms with Gasteiger partial charge < -0.3 is 13.9 Å². The summed E-state index contributed by atoms with van der Waals surface area (Å²) in [6, 6.07) is 13.0. The number of sulfonamides is 1. The molecule has 0 unspecified atom stereocenters. The van der Waals surface area contributed by atoms with Crippen LogP contribution in [-0.4, -0.2) is 64.1 Å².